The molecule has 0 saturated heterocycles. The van der Waals surface area contributed by atoms with E-state index in [4.69, 9.17) is 9.15 Å². The van der Waals surface area contributed by atoms with Gasteiger partial charge in [-0.25, -0.2) is 9.18 Å². The highest BCUT2D eigenvalue weighted by Gasteiger charge is 2.20. The topological polar surface area (TPSA) is 54.7 Å². The summed E-state index contributed by atoms with van der Waals surface area (Å²) in [6.07, 6.45) is 0. The number of ether oxygens (including phenoxy) is 1. The number of hydrogen-bond acceptors (Lipinski definition) is 3. The van der Waals surface area contributed by atoms with E-state index in [-0.39, 0.29) is 31.0 Å². The first kappa shape index (κ1) is 17.8. The lowest BCUT2D eigenvalue weighted by Gasteiger charge is -2.23. The standard InChI is InChI=1S/C20H21FN2O3/c1-14(19-13-15-7-3-5-9-17(15)26-19)23(2)20(24)22-11-12-25-18-10-6-4-8-16(18)21/h3-10,13-14H,11-12H2,1-2H3,(H,22,24)/t14-/m1/s1. The molecule has 1 aromatic heterocycles. The van der Waals surface area contributed by atoms with Gasteiger partial charge in [-0.05, 0) is 31.2 Å². The zero-order valence-corrected chi connectivity index (χ0v) is 14.7. The summed E-state index contributed by atoms with van der Waals surface area (Å²) in [7, 11) is 1.70. The number of carbonyl (C=O) groups excluding carboxylic acids is 1. The second-order valence-corrected chi connectivity index (χ2v) is 5.98. The molecule has 5 nitrogen and oxygen atoms in total. The van der Waals surface area contributed by atoms with Crippen molar-refractivity contribution in [3.05, 3.63) is 66.2 Å². The van der Waals surface area contributed by atoms with E-state index in [1.54, 1.807) is 30.1 Å². The van der Waals surface area contributed by atoms with Gasteiger partial charge in [0.15, 0.2) is 11.6 Å². The van der Waals surface area contributed by atoms with Crippen LogP contribution in [0, 0.1) is 5.82 Å². The van der Waals surface area contributed by atoms with Gasteiger partial charge >= 0.3 is 6.03 Å². The summed E-state index contributed by atoms with van der Waals surface area (Å²) in [5, 5.41) is 3.76. The fourth-order valence-electron chi connectivity index (χ4n) is 2.58. The van der Waals surface area contributed by atoms with Gasteiger partial charge in [0.1, 0.15) is 18.0 Å². The Bertz CT molecular complexity index is 860. The van der Waals surface area contributed by atoms with Crippen LogP contribution in [0.2, 0.25) is 0 Å². The van der Waals surface area contributed by atoms with Gasteiger partial charge < -0.3 is 19.4 Å². The van der Waals surface area contributed by atoms with E-state index in [1.807, 2.05) is 37.3 Å². The Hall–Kier alpha value is -3.02. The molecule has 2 amide bonds. The van der Waals surface area contributed by atoms with Crippen LogP contribution in [0.25, 0.3) is 11.0 Å². The maximum absolute atomic E-state index is 13.5. The maximum atomic E-state index is 13.5. The first-order valence-corrected chi connectivity index (χ1v) is 8.42. The van der Waals surface area contributed by atoms with E-state index in [1.165, 1.54) is 6.07 Å². The summed E-state index contributed by atoms with van der Waals surface area (Å²) in [6, 6.07) is 15.3. The maximum Gasteiger partial charge on any atom is 0.317 e. The van der Waals surface area contributed by atoms with Crippen LogP contribution in [-0.4, -0.2) is 31.1 Å². The molecule has 1 atom stereocenters. The average Bonchev–Trinajstić information content (AvgIpc) is 3.09. The minimum Gasteiger partial charge on any atom is -0.489 e. The number of halogens is 1. The van der Waals surface area contributed by atoms with Crippen molar-refractivity contribution in [2.45, 2.75) is 13.0 Å². The summed E-state index contributed by atoms with van der Waals surface area (Å²) >= 11 is 0. The van der Waals surface area contributed by atoms with E-state index in [0.717, 1.165) is 11.0 Å². The minimum absolute atomic E-state index is 0.172. The highest BCUT2D eigenvalue weighted by atomic mass is 19.1. The highest BCUT2D eigenvalue weighted by molar-refractivity contribution is 5.78. The SMILES string of the molecule is C[C@H](c1cc2ccccc2o1)N(C)C(=O)NCCOc1ccccc1F. The van der Waals surface area contributed by atoms with Gasteiger partial charge in [-0.2, -0.15) is 0 Å². The lowest BCUT2D eigenvalue weighted by atomic mass is 10.2. The van der Waals surface area contributed by atoms with Crippen LogP contribution >= 0.6 is 0 Å². The molecule has 1 heterocycles. The molecule has 0 fully saturated rings. The number of rotatable bonds is 6. The van der Waals surface area contributed by atoms with Crippen molar-refractivity contribution in [3.63, 3.8) is 0 Å². The third-order valence-electron chi connectivity index (χ3n) is 4.23. The van der Waals surface area contributed by atoms with Gasteiger partial charge in [-0.15, -0.1) is 0 Å². The lowest BCUT2D eigenvalue weighted by Crippen LogP contribution is -2.40. The third kappa shape index (κ3) is 3.96. The zero-order valence-electron chi connectivity index (χ0n) is 14.7. The summed E-state index contributed by atoms with van der Waals surface area (Å²) in [5.74, 6) is 0.464. The number of amides is 2. The van der Waals surface area contributed by atoms with Gasteiger partial charge in [0, 0.05) is 12.4 Å². The molecule has 0 radical (unpaired) electrons. The number of furan rings is 1. The molecule has 0 saturated carbocycles. The van der Waals surface area contributed by atoms with Gasteiger partial charge in [-0.1, -0.05) is 30.3 Å². The van der Waals surface area contributed by atoms with Gasteiger partial charge in [0.2, 0.25) is 0 Å². The molecular formula is C20H21FN2O3. The van der Waals surface area contributed by atoms with Crippen molar-refractivity contribution >= 4 is 17.0 Å². The first-order valence-electron chi connectivity index (χ1n) is 8.42. The van der Waals surface area contributed by atoms with Crippen molar-refractivity contribution < 1.29 is 18.3 Å². The predicted molar refractivity (Wildman–Crippen MR) is 97.7 cm³/mol. The van der Waals surface area contributed by atoms with E-state index in [0.29, 0.717) is 5.76 Å². The van der Waals surface area contributed by atoms with Crippen LogP contribution in [0.15, 0.2) is 59.0 Å². The van der Waals surface area contributed by atoms with E-state index in [2.05, 4.69) is 5.32 Å². The molecule has 0 aliphatic heterocycles. The molecule has 0 unspecified atom stereocenters. The molecule has 6 heteroatoms. The molecule has 1 N–H and O–H groups in total. The van der Waals surface area contributed by atoms with E-state index in [9.17, 15) is 9.18 Å². The van der Waals surface area contributed by atoms with Crippen LogP contribution in [0.1, 0.15) is 18.7 Å². The monoisotopic (exact) mass is 356 g/mol. The number of benzene rings is 2. The molecular weight excluding hydrogens is 335 g/mol. The van der Waals surface area contributed by atoms with Crippen molar-refractivity contribution in [2.24, 2.45) is 0 Å². The highest BCUT2D eigenvalue weighted by Crippen LogP contribution is 2.26. The number of fused-ring (bicyclic) bond motifs is 1. The smallest absolute Gasteiger partial charge is 0.317 e. The summed E-state index contributed by atoms with van der Waals surface area (Å²) < 4.78 is 24.6. The normalized spacial score (nSPS) is 12.0. The minimum atomic E-state index is -0.422. The molecule has 0 spiro atoms. The van der Waals surface area contributed by atoms with Crippen LogP contribution in [0.4, 0.5) is 9.18 Å². The molecule has 136 valence electrons. The van der Waals surface area contributed by atoms with Crippen molar-refractivity contribution in [3.8, 4) is 5.75 Å². The Morgan fingerprint density at radius 2 is 1.96 bits per heavy atom. The predicted octanol–water partition coefficient (Wildman–Crippen LogP) is 4.35. The van der Waals surface area contributed by atoms with E-state index >= 15 is 0 Å². The Kier molecular flexibility index (Phi) is 5.41. The van der Waals surface area contributed by atoms with Crippen molar-refractivity contribution in [2.75, 3.05) is 20.2 Å². The molecule has 26 heavy (non-hydrogen) atoms. The second kappa shape index (κ2) is 7.91. The number of carbonyl (C=O) groups is 1. The lowest BCUT2D eigenvalue weighted by molar-refractivity contribution is 0.185. The largest absolute Gasteiger partial charge is 0.489 e. The average molecular weight is 356 g/mol. The molecule has 0 aliphatic rings. The zero-order chi connectivity index (χ0) is 18.5. The second-order valence-electron chi connectivity index (χ2n) is 5.98. The fourth-order valence-corrected chi connectivity index (χ4v) is 2.58. The van der Waals surface area contributed by atoms with Crippen LogP contribution in [-0.2, 0) is 0 Å². The first-order chi connectivity index (χ1) is 12.6. The molecule has 0 aliphatic carbocycles. The summed E-state index contributed by atoms with van der Waals surface area (Å²) in [4.78, 5) is 13.9. The Labute approximate surface area is 151 Å². The molecule has 3 aromatic rings. The van der Waals surface area contributed by atoms with E-state index < -0.39 is 5.82 Å². The van der Waals surface area contributed by atoms with Crippen LogP contribution in [0.5, 0.6) is 5.75 Å². The van der Waals surface area contributed by atoms with Crippen molar-refractivity contribution in [1.82, 2.24) is 10.2 Å². The number of nitrogens with one attached hydrogen (secondary N) is 1. The van der Waals surface area contributed by atoms with Gasteiger partial charge in [-0.3, -0.25) is 0 Å². The van der Waals surface area contributed by atoms with Gasteiger partial charge in [0.05, 0.1) is 12.6 Å². The van der Waals surface area contributed by atoms with Gasteiger partial charge in [0.25, 0.3) is 0 Å². The Balaban J connectivity index is 1.51. The number of urea groups is 1. The molecule has 0 bridgehead atoms. The number of para-hydroxylation sites is 2. The Morgan fingerprint density at radius 3 is 2.73 bits per heavy atom. The van der Waals surface area contributed by atoms with Crippen LogP contribution < -0.4 is 10.1 Å². The van der Waals surface area contributed by atoms with Crippen molar-refractivity contribution in [1.29, 1.82) is 0 Å². The third-order valence-corrected chi connectivity index (χ3v) is 4.23. The summed E-state index contributed by atoms with van der Waals surface area (Å²) in [5.41, 5.74) is 0.793. The quantitative estimate of drug-likeness (QED) is 0.668. The molecule has 3 rings (SSSR count). The fraction of sp³-hybridized carbons (Fsp3) is 0.250. The Morgan fingerprint density at radius 1 is 1.23 bits per heavy atom. The molecule has 2 aromatic carbocycles. The number of hydrogen-bond donors (Lipinski definition) is 1. The summed E-state index contributed by atoms with van der Waals surface area (Å²) in [6.45, 7) is 2.34. The van der Waals surface area contributed by atoms with Crippen LogP contribution in [0.3, 0.4) is 0 Å². The number of nitrogens with zero attached hydrogens (tertiary/aromatic N) is 1.